The van der Waals surface area contributed by atoms with Crippen LogP contribution in [0.1, 0.15) is 23.2 Å². The minimum absolute atomic E-state index is 0.0115. The van der Waals surface area contributed by atoms with E-state index < -0.39 is 0 Å². The van der Waals surface area contributed by atoms with Gasteiger partial charge < -0.3 is 24.7 Å². The molecule has 0 saturated carbocycles. The molecule has 2 heterocycles. The Labute approximate surface area is 130 Å². The Kier molecular flexibility index (Phi) is 6.27. The zero-order valence-electron chi connectivity index (χ0n) is 12.8. The third-order valence-electron chi connectivity index (χ3n) is 3.81. The van der Waals surface area contributed by atoms with Gasteiger partial charge >= 0.3 is 6.03 Å². The summed E-state index contributed by atoms with van der Waals surface area (Å²) in [6.45, 7) is 3.05. The van der Waals surface area contributed by atoms with Gasteiger partial charge in [-0.15, -0.1) is 0 Å². The third-order valence-corrected chi connectivity index (χ3v) is 3.81. The highest BCUT2D eigenvalue weighted by Gasteiger charge is 2.24. The Morgan fingerprint density at radius 2 is 2.14 bits per heavy atom. The van der Waals surface area contributed by atoms with E-state index >= 15 is 0 Å². The molecule has 0 unspecified atom stereocenters. The predicted molar refractivity (Wildman–Crippen MR) is 80.6 cm³/mol. The number of likely N-dealkylation sites (tertiary alicyclic amines) is 1. The van der Waals surface area contributed by atoms with Gasteiger partial charge in [-0.05, 0) is 24.8 Å². The van der Waals surface area contributed by atoms with Gasteiger partial charge in [-0.3, -0.25) is 4.79 Å². The van der Waals surface area contributed by atoms with E-state index in [1.54, 1.807) is 13.2 Å². The highest BCUT2D eigenvalue weighted by atomic mass is 16.5. The molecule has 0 spiro atoms. The number of ether oxygens (including phenoxy) is 1. The zero-order chi connectivity index (χ0) is 15.8. The fraction of sp³-hybridized carbons (Fsp3) is 0.600. The van der Waals surface area contributed by atoms with Gasteiger partial charge in [-0.2, -0.15) is 0 Å². The number of urea groups is 1. The smallest absolute Gasteiger partial charge is 0.314 e. The van der Waals surface area contributed by atoms with Crippen LogP contribution in [0, 0.1) is 5.92 Å². The molecule has 1 aliphatic rings. The summed E-state index contributed by atoms with van der Waals surface area (Å²) in [5.74, 6) is 0.416. The van der Waals surface area contributed by atoms with E-state index in [1.807, 2.05) is 4.90 Å². The average molecular weight is 309 g/mol. The van der Waals surface area contributed by atoms with Crippen LogP contribution in [0.5, 0.6) is 0 Å². The summed E-state index contributed by atoms with van der Waals surface area (Å²) in [7, 11) is 1.60. The Bertz CT molecular complexity index is 467. The number of piperidine rings is 1. The first-order valence-electron chi connectivity index (χ1n) is 7.53. The number of amides is 3. The first-order valence-corrected chi connectivity index (χ1v) is 7.53. The second-order valence-electron chi connectivity index (χ2n) is 5.38. The maximum atomic E-state index is 12.2. The maximum absolute atomic E-state index is 12.2. The fourth-order valence-electron chi connectivity index (χ4n) is 2.48. The third kappa shape index (κ3) is 4.77. The number of rotatable bonds is 6. The lowest BCUT2D eigenvalue weighted by molar-refractivity contribution is 0.0690. The molecule has 3 amide bonds. The van der Waals surface area contributed by atoms with E-state index in [-0.39, 0.29) is 11.9 Å². The van der Waals surface area contributed by atoms with Crippen molar-refractivity contribution < 1.29 is 18.7 Å². The number of carbonyl (C=O) groups is 2. The normalized spacial score (nSPS) is 15.6. The van der Waals surface area contributed by atoms with E-state index in [1.165, 1.54) is 12.5 Å². The molecule has 1 aliphatic heterocycles. The van der Waals surface area contributed by atoms with Crippen molar-refractivity contribution >= 4 is 11.9 Å². The molecule has 22 heavy (non-hydrogen) atoms. The Hall–Kier alpha value is -2.02. The summed E-state index contributed by atoms with van der Waals surface area (Å²) >= 11 is 0. The van der Waals surface area contributed by atoms with Crippen LogP contribution in [0.15, 0.2) is 23.0 Å². The highest BCUT2D eigenvalue weighted by Crippen LogP contribution is 2.18. The monoisotopic (exact) mass is 309 g/mol. The molecule has 1 fully saturated rings. The average Bonchev–Trinajstić information content (AvgIpc) is 3.07. The number of hydrogen-bond donors (Lipinski definition) is 2. The van der Waals surface area contributed by atoms with Crippen molar-refractivity contribution in [2.75, 3.05) is 39.9 Å². The second kappa shape index (κ2) is 8.43. The summed E-state index contributed by atoms with van der Waals surface area (Å²) in [4.78, 5) is 25.5. The van der Waals surface area contributed by atoms with Gasteiger partial charge in [0.25, 0.3) is 5.91 Å². The van der Waals surface area contributed by atoms with Gasteiger partial charge in [-0.1, -0.05) is 0 Å². The van der Waals surface area contributed by atoms with Crippen LogP contribution in [0.3, 0.4) is 0 Å². The molecule has 7 nitrogen and oxygen atoms in total. The molecule has 122 valence electrons. The van der Waals surface area contributed by atoms with E-state index in [2.05, 4.69) is 10.6 Å². The van der Waals surface area contributed by atoms with Gasteiger partial charge in [0.15, 0.2) is 0 Å². The molecule has 0 aromatic carbocycles. The molecule has 1 saturated heterocycles. The number of nitrogens with one attached hydrogen (secondary N) is 2. The van der Waals surface area contributed by atoms with Gasteiger partial charge in [0.05, 0.1) is 18.4 Å². The number of hydrogen-bond acceptors (Lipinski definition) is 4. The predicted octanol–water partition coefficient (Wildman–Crippen LogP) is 1.08. The second-order valence-corrected chi connectivity index (χ2v) is 5.38. The van der Waals surface area contributed by atoms with Crippen LogP contribution in [0.4, 0.5) is 4.79 Å². The number of furan rings is 1. The van der Waals surface area contributed by atoms with Crippen LogP contribution in [-0.4, -0.2) is 56.7 Å². The van der Waals surface area contributed by atoms with Crippen LogP contribution >= 0.6 is 0 Å². The largest absolute Gasteiger partial charge is 0.472 e. The summed E-state index contributed by atoms with van der Waals surface area (Å²) in [5, 5.41) is 5.58. The van der Waals surface area contributed by atoms with Crippen molar-refractivity contribution in [2.24, 2.45) is 5.92 Å². The van der Waals surface area contributed by atoms with Crippen LogP contribution in [0.2, 0.25) is 0 Å². The van der Waals surface area contributed by atoms with E-state index in [4.69, 9.17) is 9.15 Å². The van der Waals surface area contributed by atoms with Crippen molar-refractivity contribution in [3.8, 4) is 0 Å². The van der Waals surface area contributed by atoms with Crippen molar-refractivity contribution in [3.05, 3.63) is 24.2 Å². The molecular formula is C15H23N3O4. The number of nitrogens with zero attached hydrogens (tertiary/aromatic N) is 1. The standard InChI is InChI=1S/C15H23N3O4/c1-21-9-5-16-15(20)17-10-12-2-6-18(7-3-12)14(19)13-4-8-22-11-13/h4,8,11-12H,2-3,5-7,9-10H2,1H3,(H2,16,17,20). The lowest BCUT2D eigenvalue weighted by atomic mass is 9.96. The first kappa shape index (κ1) is 16.4. The minimum Gasteiger partial charge on any atom is -0.472 e. The molecule has 2 rings (SSSR count). The summed E-state index contributed by atoms with van der Waals surface area (Å²) in [6, 6.07) is 1.51. The molecule has 2 N–H and O–H groups in total. The van der Waals surface area contributed by atoms with Gasteiger partial charge in [0, 0.05) is 33.3 Å². The Morgan fingerprint density at radius 1 is 1.36 bits per heavy atom. The number of carbonyl (C=O) groups excluding carboxylic acids is 2. The zero-order valence-corrected chi connectivity index (χ0v) is 12.8. The van der Waals surface area contributed by atoms with Crippen LogP contribution < -0.4 is 10.6 Å². The first-order chi connectivity index (χ1) is 10.7. The molecule has 0 atom stereocenters. The van der Waals surface area contributed by atoms with Crippen LogP contribution in [0.25, 0.3) is 0 Å². The van der Waals surface area contributed by atoms with Gasteiger partial charge in [-0.25, -0.2) is 4.79 Å². The lowest BCUT2D eigenvalue weighted by Crippen LogP contribution is -2.44. The molecule has 7 heteroatoms. The Balaban J connectivity index is 1.65. The molecule has 0 aliphatic carbocycles. The minimum atomic E-state index is -0.172. The Morgan fingerprint density at radius 3 is 2.77 bits per heavy atom. The molecule has 1 aromatic rings. The van der Waals surface area contributed by atoms with Crippen molar-refractivity contribution in [3.63, 3.8) is 0 Å². The van der Waals surface area contributed by atoms with Gasteiger partial charge in [0.1, 0.15) is 6.26 Å². The molecule has 0 bridgehead atoms. The SMILES string of the molecule is COCCNC(=O)NCC1CCN(C(=O)c2ccoc2)CC1. The summed E-state index contributed by atoms with van der Waals surface area (Å²) < 4.78 is 9.81. The van der Waals surface area contributed by atoms with E-state index in [9.17, 15) is 9.59 Å². The summed E-state index contributed by atoms with van der Waals surface area (Å²) in [5.41, 5.74) is 0.592. The van der Waals surface area contributed by atoms with E-state index in [0.717, 1.165) is 12.8 Å². The summed E-state index contributed by atoms with van der Waals surface area (Å²) in [6.07, 6.45) is 4.76. The molecule has 1 aromatic heterocycles. The van der Waals surface area contributed by atoms with Crippen LogP contribution in [-0.2, 0) is 4.74 Å². The van der Waals surface area contributed by atoms with Crippen molar-refractivity contribution in [1.82, 2.24) is 15.5 Å². The maximum Gasteiger partial charge on any atom is 0.314 e. The quantitative estimate of drug-likeness (QED) is 0.770. The molecule has 0 radical (unpaired) electrons. The lowest BCUT2D eigenvalue weighted by Gasteiger charge is -2.31. The molecular weight excluding hydrogens is 286 g/mol. The number of methoxy groups -OCH3 is 1. The van der Waals surface area contributed by atoms with E-state index in [0.29, 0.717) is 44.3 Å². The topological polar surface area (TPSA) is 83.8 Å². The van der Waals surface area contributed by atoms with Crippen molar-refractivity contribution in [1.29, 1.82) is 0 Å². The van der Waals surface area contributed by atoms with Crippen molar-refractivity contribution in [2.45, 2.75) is 12.8 Å². The van der Waals surface area contributed by atoms with Gasteiger partial charge in [0.2, 0.25) is 0 Å². The fourth-order valence-corrected chi connectivity index (χ4v) is 2.48. The highest BCUT2D eigenvalue weighted by molar-refractivity contribution is 5.93.